The Morgan fingerprint density at radius 3 is 2.48 bits per heavy atom. The Kier molecular flexibility index (Phi) is 5.92. The number of nitro benzene ring substituents is 1. The fourth-order valence-electron chi connectivity index (χ4n) is 1.91. The summed E-state index contributed by atoms with van der Waals surface area (Å²) in [6.45, 7) is 2.64. The van der Waals surface area contributed by atoms with Crippen LogP contribution in [-0.2, 0) is 4.79 Å². The van der Waals surface area contributed by atoms with Crippen LogP contribution < -0.4 is 4.90 Å². The third-order valence-corrected chi connectivity index (χ3v) is 3.25. The maximum Gasteiger partial charge on any atom is 0.323 e. The molecule has 0 unspecified atom stereocenters. The molecule has 7 nitrogen and oxygen atoms in total. The van der Waals surface area contributed by atoms with Crippen LogP contribution in [0.25, 0.3) is 0 Å². The largest absolute Gasteiger partial charge is 0.480 e. The fraction of sp³-hybridized carbons (Fsp3) is 0.462. The zero-order chi connectivity index (χ0) is 16.2. The molecule has 0 heterocycles. The van der Waals surface area contributed by atoms with Gasteiger partial charge in [-0.2, -0.15) is 0 Å². The van der Waals surface area contributed by atoms with Crippen LogP contribution in [0.4, 0.5) is 11.4 Å². The second-order valence-corrected chi connectivity index (χ2v) is 5.37. The van der Waals surface area contributed by atoms with E-state index in [0.29, 0.717) is 24.3 Å². The minimum absolute atomic E-state index is 0.000779. The number of likely N-dealkylation sites (N-methyl/N-ethyl adjacent to an activating group) is 1. The van der Waals surface area contributed by atoms with Gasteiger partial charge in [-0.05, 0) is 32.6 Å². The summed E-state index contributed by atoms with van der Waals surface area (Å²) in [6, 6.07) is 2.82. The number of hydrogen-bond acceptors (Lipinski definition) is 5. The molecule has 21 heavy (non-hydrogen) atoms. The Morgan fingerprint density at radius 2 is 2.00 bits per heavy atom. The molecule has 0 fully saturated rings. The van der Waals surface area contributed by atoms with E-state index in [1.807, 2.05) is 19.0 Å². The van der Waals surface area contributed by atoms with Crippen molar-refractivity contribution < 1.29 is 14.8 Å². The molecule has 0 aliphatic carbocycles. The van der Waals surface area contributed by atoms with Crippen LogP contribution >= 0.6 is 11.6 Å². The second-order valence-electron chi connectivity index (χ2n) is 4.97. The van der Waals surface area contributed by atoms with Gasteiger partial charge in [-0.3, -0.25) is 14.9 Å². The summed E-state index contributed by atoms with van der Waals surface area (Å²) in [4.78, 5) is 24.9. The molecule has 1 N–H and O–H groups in total. The summed E-state index contributed by atoms with van der Waals surface area (Å²) in [5, 5.41) is 19.9. The molecular weight excluding hydrogens is 298 g/mol. The van der Waals surface area contributed by atoms with Gasteiger partial charge in [0.05, 0.1) is 4.92 Å². The number of nitro groups is 1. The summed E-state index contributed by atoms with van der Waals surface area (Å²) in [6.07, 6.45) is 0. The summed E-state index contributed by atoms with van der Waals surface area (Å²) in [5.74, 6) is -0.970. The van der Waals surface area contributed by atoms with Crippen molar-refractivity contribution in [3.8, 4) is 0 Å². The standard InChI is InChI=1S/C13H18ClN3O4/c1-9-6-12(17(20)21)10(14)7-11(9)16(8-13(18)19)5-4-15(2)3/h6-7H,4-5,8H2,1-3H3,(H,18,19). The number of hydrogen-bond donors (Lipinski definition) is 1. The number of carbonyl (C=O) groups is 1. The van der Waals surface area contributed by atoms with Gasteiger partial charge in [0, 0.05) is 24.8 Å². The highest BCUT2D eigenvalue weighted by Gasteiger charge is 2.19. The van der Waals surface area contributed by atoms with Gasteiger partial charge in [-0.15, -0.1) is 0 Å². The van der Waals surface area contributed by atoms with Crippen LogP contribution in [-0.4, -0.2) is 54.6 Å². The van der Waals surface area contributed by atoms with Gasteiger partial charge in [-0.1, -0.05) is 11.6 Å². The van der Waals surface area contributed by atoms with Crippen LogP contribution in [0.1, 0.15) is 5.56 Å². The number of aryl methyl sites for hydroxylation is 1. The summed E-state index contributed by atoms with van der Waals surface area (Å²) < 4.78 is 0. The molecule has 1 aromatic carbocycles. The lowest BCUT2D eigenvalue weighted by Gasteiger charge is -2.26. The molecule has 0 saturated carbocycles. The van der Waals surface area contributed by atoms with Crippen molar-refractivity contribution in [2.24, 2.45) is 0 Å². The average Bonchev–Trinajstić information content (AvgIpc) is 2.36. The molecule has 0 atom stereocenters. The number of aliphatic carboxylic acids is 1. The van der Waals surface area contributed by atoms with Crippen LogP contribution in [0.5, 0.6) is 0 Å². The smallest absolute Gasteiger partial charge is 0.323 e. The van der Waals surface area contributed by atoms with Crippen LogP contribution in [0, 0.1) is 17.0 Å². The van der Waals surface area contributed by atoms with Gasteiger partial charge < -0.3 is 14.9 Å². The van der Waals surface area contributed by atoms with E-state index in [2.05, 4.69) is 0 Å². The van der Waals surface area contributed by atoms with E-state index in [4.69, 9.17) is 16.7 Å². The van der Waals surface area contributed by atoms with E-state index in [1.165, 1.54) is 12.1 Å². The topological polar surface area (TPSA) is 86.9 Å². The zero-order valence-corrected chi connectivity index (χ0v) is 12.9. The van der Waals surface area contributed by atoms with Gasteiger partial charge in [0.15, 0.2) is 0 Å². The Hall–Kier alpha value is -1.86. The van der Waals surface area contributed by atoms with Crippen molar-refractivity contribution >= 4 is 28.9 Å². The molecule has 0 spiro atoms. The Balaban J connectivity index is 3.14. The highest BCUT2D eigenvalue weighted by Crippen LogP contribution is 2.32. The van der Waals surface area contributed by atoms with E-state index in [0.717, 1.165) is 0 Å². The van der Waals surface area contributed by atoms with Crippen molar-refractivity contribution in [2.45, 2.75) is 6.92 Å². The highest BCUT2D eigenvalue weighted by molar-refractivity contribution is 6.33. The van der Waals surface area contributed by atoms with Gasteiger partial charge in [-0.25, -0.2) is 0 Å². The number of carboxylic acids is 1. The third-order valence-electron chi connectivity index (χ3n) is 2.95. The Labute approximate surface area is 127 Å². The van der Waals surface area contributed by atoms with E-state index in [9.17, 15) is 14.9 Å². The monoisotopic (exact) mass is 315 g/mol. The predicted octanol–water partition coefficient (Wildman–Crippen LogP) is 2.01. The van der Waals surface area contributed by atoms with Gasteiger partial charge in [0.2, 0.25) is 0 Å². The average molecular weight is 316 g/mol. The molecule has 0 bridgehead atoms. The number of nitrogens with zero attached hydrogens (tertiary/aromatic N) is 3. The van der Waals surface area contributed by atoms with Crippen LogP contribution in [0.2, 0.25) is 5.02 Å². The Bertz CT molecular complexity index is 548. The van der Waals surface area contributed by atoms with E-state index in [-0.39, 0.29) is 17.3 Å². The highest BCUT2D eigenvalue weighted by atomic mass is 35.5. The first kappa shape index (κ1) is 17.2. The molecule has 0 saturated heterocycles. The second kappa shape index (κ2) is 7.24. The molecule has 116 valence electrons. The molecule has 8 heteroatoms. The molecule has 0 aliphatic rings. The van der Waals surface area contributed by atoms with Crippen LogP contribution in [0.15, 0.2) is 12.1 Å². The zero-order valence-electron chi connectivity index (χ0n) is 12.2. The molecule has 1 aromatic rings. The number of benzene rings is 1. The summed E-state index contributed by atoms with van der Waals surface area (Å²) in [7, 11) is 3.77. The fourth-order valence-corrected chi connectivity index (χ4v) is 2.13. The third kappa shape index (κ3) is 4.87. The molecular formula is C13H18ClN3O4. The van der Waals surface area contributed by atoms with Crippen molar-refractivity contribution in [1.82, 2.24) is 4.90 Å². The van der Waals surface area contributed by atoms with Crippen molar-refractivity contribution in [3.63, 3.8) is 0 Å². The normalized spacial score (nSPS) is 10.7. The minimum Gasteiger partial charge on any atom is -0.480 e. The first-order chi connectivity index (χ1) is 9.72. The number of carboxylic acid groups (broad SMARTS) is 1. The molecule has 0 radical (unpaired) electrons. The van der Waals surface area contributed by atoms with E-state index in [1.54, 1.807) is 11.8 Å². The molecule has 0 amide bonds. The van der Waals surface area contributed by atoms with E-state index < -0.39 is 10.9 Å². The quantitative estimate of drug-likeness (QED) is 0.612. The van der Waals surface area contributed by atoms with Crippen molar-refractivity contribution in [3.05, 3.63) is 32.8 Å². The lowest BCUT2D eigenvalue weighted by atomic mass is 10.1. The van der Waals surface area contributed by atoms with Gasteiger partial charge in [0.25, 0.3) is 5.69 Å². The van der Waals surface area contributed by atoms with Crippen LogP contribution in [0.3, 0.4) is 0 Å². The lowest BCUT2D eigenvalue weighted by Crippen LogP contribution is -2.36. The maximum absolute atomic E-state index is 11.0. The van der Waals surface area contributed by atoms with Gasteiger partial charge in [0.1, 0.15) is 11.6 Å². The van der Waals surface area contributed by atoms with Crippen molar-refractivity contribution in [1.29, 1.82) is 0 Å². The minimum atomic E-state index is -0.970. The molecule has 1 rings (SSSR count). The Morgan fingerprint density at radius 1 is 1.38 bits per heavy atom. The SMILES string of the molecule is Cc1cc([N+](=O)[O-])c(Cl)cc1N(CCN(C)C)CC(=O)O. The van der Waals surface area contributed by atoms with E-state index >= 15 is 0 Å². The number of rotatable bonds is 7. The van der Waals surface area contributed by atoms with Gasteiger partial charge >= 0.3 is 5.97 Å². The first-order valence-electron chi connectivity index (χ1n) is 6.28. The first-order valence-corrected chi connectivity index (χ1v) is 6.66. The summed E-state index contributed by atoms with van der Waals surface area (Å²) >= 11 is 5.91. The lowest BCUT2D eigenvalue weighted by molar-refractivity contribution is -0.384. The summed E-state index contributed by atoms with van der Waals surface area (Å²) in [5.41, 5.74) is 1.03. The number of halogens is 1. The molecule has 0 aromatic heterocycles. The maximum atomic E-state index is 11.0. The predicted molar refractivity (Wildman–Crippen MR) is 81.2 cm³/mol. The number of anilines is 1. The van der Waals surface area contributed by atoms with Crippen molar-refractivity contribution in [2.75, 3.05) is 38.6 Å². The molecule has 0 aliphatic heterocycles.